The van der Waals surface area contributed by atoms with Crippen LogP contribution in [0.2, 0.25) is 0 Å². The molecule has 0 amide bonds. The zero-order chi connectivity index (χ0) is 31.9. The van der Waals surface area contributed by atoms with Crippen LogP contribution in [0, 0.1) is 0 Å². The van der Waals surface area contributed by atoms with Crippen molar-refractivity contribution in [1.82, 2.24) is 19.9 Å². The number of nitrogens with zero attached hydrogens (tertiary/aromatic N) is 4. The summed E-state index contributed by atoms with van der Waals surface area (Å²) in [6.07, 6.45) is 0. The van der Waals surface area contributed by atoms with Crippen molar-refractivity contribution in [2.45, 2.75) is 0 Å². The minimum absolute atomic E-state index is 0.712. The van der Waals surface area contributed by atoms with Crippen LogP contribution in [0.25, 0.3) is 89.0 Å². The lowest BCUT2D eigenvalue weighted by molar-refractivity contribution is 1.23. The van der Waals surface area contributed by atoms with Crippen LogP contribution in [0.15, 0.2) is 170 Å². The molecular weight excluding hydrogens is 585 g/mol. The van der Waals surface area contributed by atoms with Gasteiger partial charge >= 0.3 is 0 Å². The van der Waals surface area contributed by atoms with E-state index in [-0.39, 0.29) is 0 Å². The maximum absolute atomic E-state index is 5.20. The van der Waals surface area contributed by atoms with Gasteiger partial charge in [-0.05, 0) is 41.5 Å². The number of hydrogen-bond donors (Lipinski definition) is 0. The quantitative estimate of drug-likeness (QED) is 0.181. The molecule has 0 aliphatic heterocycles. The van der Waals surface area contributed by atoms with E-state index in [1.807, 2.05) is 54.6 Å². The van der Waals surface area contributed by atoms with Crippen molar-refractivity contribution >= 4 is 32.7 Å². The smallest absolute Gasteiger partial charge is 0.160 e. The van der Waals surface area contributed by atoms with Crippen LogP contribution in [0.1, 0.15) is 0 Å². The van der Waals surface area contributed by atoms with Crippen molar-refractivity contribution in [3.8, 4) is 56.3 Å². The fraction of sp³-hybridized carbons (Fsp3) is 0. The number of aromatic nitrogens is 4. The van der Waals surface area contributed by atoms with Gasteiger partial charge in [-0.2, -0.15) is 0 Å². The Morgan fingerprint density at radius 1 is 0.312 bits per heavy atom. The first kappa shape index (κ1) is 27.8. The van der Waals surface area contributed by atoms with E-state index < -0.39 is 0 Å². The van der Waals surface area contributed by atoms with Crippen LogP contribution < -0.4 is 0 Å². The molecule has 0 aliphatic carbocycles. The third-order valence-electron chi connectivity index (χ3n) is 8.86. The molecule has 48 heavy (non-hydrogen) atoms. The van der Waals surface area contributed by atoms with Crippen LogP contribution in [-0.4, -0.2) is 19.9 Å². The van der Waals surface area contributed by atoms with E-state index in [4.69, 9.17) is 19.9 Å². The van der Waals surface area contributed by atoms with E-state index in [0.717, 1.165) is 83.2 Å². The third-order valence-corrected chi connectivity index (χ3v) is 8.86. The second kappa shape index (κ2) is 11.7. The van der Waals surface area contributed by atoms with Gasteiger partial charge in [0.05, 0.1) is 33.6 Å². The zero-order valence-corrected chi connectivity index (χ0v) is 26.0. The van der Waals surface area contributed by atoms with E-state index in [9.17, 15) is 0 Å². The van der Waals surface area contributed by atoms with Crippen molar-refractivity contribution in [2.75, 3.05) is 0 Å². The molecule has 9 aromatic rings. The molecule has 0 saturated heterocycles. The lowest BCUT2D eigenvalue weighted by Crippen LogP contribution is -1.95. The van der Waals surface area contributed by atoms with Gasteiger partial charge in [0.15, 0.2) is 5.82 Å². The predicted molar refractivity (Wildman–Crippen MR) is 197 cm³/mol. The molecule has 0 saturated carbocycles. The molecule has 0 unspecified atom stereocenters. The number of pyridine rings is 2. The highest BCUT2D eigenvalue weighted by molar-refractivity contribution is 6.04. The maximum atomic E-state index is 5.20. The fourth-order valence-corrected chi connectivity index (χ4v) is 6.40. The SMILES string of the molecule is c1ccc(-c2ccc3ccc4ccc(-c5cccc(-c6ccc7c(-c8ccccc8)nc(-c8ccccc8)nc7c6)c5)nc4c3n2)cc1. The van der Waals surface area contributed by atoms with Gasteiger partial charge in [-0.3, -0.25) is 0 Å². The average molecular weight is 613 g/mol. The fourth-order valence-electron chi connectivity index (χ4n) is 6.40. The first-order chi connectivity index (χ1) is 23.8. The van der Waals surface area contributed by atoms with Crippen LogP contribution in [-0.2, 0) is 0 Å². The molecule has 4 nitrogen and oxygen atoms in total. The Hall–Kier alpha value is -6.52. The standard InChI is InChI=1S/C44H28N4/c1-4-11-29(12-5-1)38-25-22-31-19-20-32-23-26-39(46-43(32)42(31)45-38)36-18-10-17-34(27-36)35-21-24-37-40(28-35)47-44(33-15-8-3-9-16-33)48-41(37)30-13-6-2-7-14-30/h1-28H. The van der Waals surface area contributed by atoms with Gasteiger partial charge in [-0.1, -0.05) is 140 Å². The second-order valence-electron chi connectivity index (χ2n) is 11.9. The molecule has 0 spiro atoms. The molecule has 0 atom stereocenters. The first-order valence-electron chi connectivity index (χ1n) is 16.1. The van der Waals surface area contributed by atoms with Gasteiger partial charge in [0.25, 0.3) is 0 Å². The molecule has 3 heterocycles. The van der Waals surface area contributed by atoms with E-state index in [2.05, 4.69) is 115 Å². The molecule has 9 rings (SSSR count). The predicted octanol–water partition coefficient (Wildman–Crippen LogP) is 11.1. The van der Waals surface area contributed by atoms with E-state index in [1.165, 1.54) is 0 Å². The van der Waals surface area contributed by atoms with E-state index in [1.54, 1.807) is 0 Å². The highest BCUT2D eigenvalue weighted by Crippen LogP contribution is 2.34. The lowest BCUT2D eigenvalue weighted by atomic mass is 9.98. The Morgan fingerprint density at radius 2 is 0.833 bits per heavy atom. The maximum Gasteiger partial charge on any atom is 0.160 e. The van der Waals surface area contributed by atoms with Gasteiger partial charge in [-0.15, -0.1) is 0 Å². The Balaban J connectivity index is 1.15. The van der Waals surface area contributed by atoms with Crippen molar-refractivity contribution in [3.05, 3.63) is 170 Å². The summed E-state index contributed by atoms with van der Waals surface area (Å²) < 4.78 is 0. The molecule has 0 radical (unpaired) electrons. The number of hydrogen-bond acceptors (Lipinski definition) is 4. The third kappa shape index (κ3) is 5.06. The molecular formula is C44H28N4. The Morgan fingerprint density at radius 3 is 1.50 bits per heavy atom. The summed E-state index contributed by atoms with van der Waals surface area (Å²) in [6, 6.07) is 58.5. The molecule has 6 aromatic carbocycles. The lowest BCUT2D eigenvalue weighted by Gasteiger charge is -2.12. The highest BCUT2D eigenvalue weighted by atomic mass is 14.9. The number of fused-ring (bicyclic) bond motifs is 4. The van der Waals surface area contributed by atoms with Gasteiger partial charge < -0.3 is 0 Å². The van der Waals surface area contributed by atoms with Crippen molar-refractivity contribution in [3.63, 3.8) is 0 Å². The van der Waals surface area contributed by atoms with Crippen molar-refractivity contribution in [1.29, 1.82) is 0 Å². The average Bonchev–Trinajstić information content (AvgIpc) is 3.18. The van der Waals surface area contributed by atoms with Gasteiger partial charge in [-0.25, -0.2) is 19.9 Å². The summed E-state index contributed by atoms with van der Waals surface area (Å²) >= 11 is 0. The monoisotopic (exact) mass is 612 g/mol. The first-order valence-corrected chi connectivity index (χ1v) is 16.1. The Kier molecular flexibility index (Phi) is 6.76. The minimum Gasteiger partial charge on any atom is -0.245 e. The molecule has 224 valence electrons. The number of benzene rings is 6. The summed E-state index contributed by atoms with van der Waals surface area (Å²) in [5, 5.41) is 3.16. The summed E-state index contributed by atoms with van der Waals surface area (Å²) in [6.45, 7) is 0. The molecule has 3 aromatic heterocycles. The molecule has 0 bridgehead atoms. The highest BCUT2D eigenvalue weighted by Gasteiger charge is 2.14. The van der Waals surface area contributed by atoms with Crippen LogP contribution >= 0.6 is 0 Å². The molecule has 0 fully saturated rings. The molecule has 4 heteroatoms. The van der Waals surface area contributed by atoms with Crippen LogP contribution in [0.5, 0.6) is 0 Å². The molecule has 0 N–H and O–H groups in total. The summed E-state index contributed by atoms with van der Waals surface area (Å²) in [5.41, 5.74) is 11.9. The Bertz CT molecular complexity index is 2600. The van der Waals surface area contributed by atoms with E-state index in [0.29, 0.717) is 5.82 Å². The van der Waals surface area contributed by atoms with Crippen molar-refractivity contribution in [2.24, 2.45) is 0 Å². The van der Waals surface area contributed by atoms with Gasteiger partial charge in [0.1, 0.15) is 0 Å². The van der Waals surface area contributed by atoms with Crippen LogP contribution in [0.3, 0.4) is 0 Å². The molecule has 0 aliphatic rings. The van der Waals surface area contributed by atoms with E-state index >= 15 is 0 Å². The van der Waals surface area contributed by atoms with Gasteiger partial charge in [0.2, 0.25) is 0 Å². The van der Waals surface area contributed by atoms with Crippen molar-refractivity contribution < 1.29 is 0 Å². The topological polar surface area (TPSA) is 51.6 Å². The number of rotatable bonds is 5. The second-order valence-corrected chi connectivity index (χ2v) is 11.9. The summed E-state index contributed by atoms with van der Waals surface area (Å²) in [7, 11) is 0. The summed E-state index contributed by atoms with van der Waals surface area (Å²) in [5.74, 6) is 0.712. The summed E-state index contributed by atoms with van der Waals surface area (Å²) in [4.78, 5) is 20.4. The normalized spacial score (nSPS) is 11.3. The zero-order valence-electron chi connectivity index (χ0n) is 26.0. The van der Waals surface area contributed by atoms with Crippen LogP contribution in [0.4, 0.5) is 0 Å². The largest absolute Gasteiger partial charge is 0.245 e. The van der Waals surface area contributed by atoms with Gasteiger partial charge in [0, 0.05) is 38.4 Å². The minimum atomic E-state index is 0.712. The Labute approximate surface area is 278 Å².